The van der Waals surface area contributed by atoms with E-state index in [0.29, 0.717) is 38.8 Å². The van der Waals surface area contributed by atoms with Crippen LogP contribution in [-0.4, -0.2) is 41.1 Å². The summed E-state index contributed by atoms with van der Waals surface area (Å²) in [7, 11) is 0. The first-order valence-electron chi connectivity index (χ1n) is 9.90. The quantitative estimate of drug-likeness (QED) is 0.800. The van der Waals surface area contributed by atoms with Crippen LogP contribution >= 0.6 is 0 Å². The number of hydrogen-bond acceptors (Lipinski definition) is 3. The summed E-state index contributed by atoms with van der Waals surface area (Å²) in [5.74, 6) is -2.54. The van der Waals surface area contributed by atoms with E-state index in [4.69, 9.17) is 0 Å². The van der Waals surface area contributed by atoms with Gasteiger partial charge in [-0.2, -0.15) is 0 Å². The second-order valence-electron chi connectivity index (χ2n) is 7.88. The molecule has 0 atom stereocenters. The molecule has 0 spiro atoms. The number of ketones is 1. The lowest BCUT2D eigenvalue weighted by Crippen LogP contribution is -2.61. The summed E-state index contributed by atoms with van der Waals surface area (Å²) in [5, 5.41) is 2.88. The molecule has 7 heteroatoms. The number of halogens is 2. The maximum absolute atomic E-state index is 13.9. The Kier molecular flexibility index (Phi) is 6.10. The molecule has 1 aliphatic heterocycles. The number of nitrogens with one attached hydrogen (secondary N) is 1. The normalized spacial score (nSPS) is 19.9. The number of amides is 2. The number of Topliss-reactive ketones (excluding diaryl/α,β-unsaturated/α-hetero) is 1. The van der Waals surface area contributed by atoms with Crippen LogP contribution in [0.15, 0.2) is 18.2 Å². The summed E-state index contributed by atoms with van der Waals surface area (Å²) >= 11 is 0. The summed E-state index contributed by atoms with van der Waals surface area (Å²) < 4.78 is 27.3. The van der Waals surface area contributed by atoms with Gasteiger partial charge in [-0.25, -0.2) is 8.78 Å². The van der Waals surface area contributed by atoms with Gasteiger partial charge in [-0.15, -0.1) is 0 Å². The molecule has 1 aromatic carbocycles. The van der Waals surface area contributed by atoms with Crippen molar-refractivity contribution in [2.24, 2.45) is 5.92 Å². The highest BCUT2D eigenvalue weighted by molar-refractivity contribution is 5.98. The van der Waals surface area contributed by atoms with Crippen LogP contribution in [0, 0.1) is 17.6 Å². The van der Waals surface area contributed by atoms with E-state index in [2.05, 4.69) is 5.32 Å². The fraction of sp³-hybridized carbons (Fsp3) is 0.571. The monoisotopic (exact) mass is 392 g/mol. The smallest absolute Gasteiger partial charge is 0.248 e. The highest BCUT2D eigenvalue weighted by Gasteiger charge is 2.43. The summed E-state index contributed by atoms with van der Waals surface area (Å²) in [6.45, 7) is 2.16. The molecule has 0 aromatic heterocycles. The summed E-state index contributed by atoms with van der Waals surface area (Å²) in [6.07, 6.45) is 4.87. The number of nitrogens with zero attached hydrogens (tertiary/aromatic N) is 1. The second kappa shape index (κ2) is 8.37. The predicted octanol–water partition coefficient (Wildman–Crippen LogP) is 3.23. The van der Waals surface area contributed by atoms with Crippen LogP contribution in [0.2, 0.25) is 0 Å². The van der Waals surface area contributed by atoms with Gasteiger partial charge in [0, 0.05) is 25.9 Å². The van der Waals surface area contributed by atoms with Crippen molar-refractivity contribution in [3.63, 3.8) is 0 Å². The van der Waals surface area contributed by atoms with E-state index in [9.17, 15) is 23.2 Å². The van der Waals surface area contributed by atoms with E-state index in [-0.39, 0.29) is 17.4 Å². The van der Waals surface area contributed by atoms with Gasteiger partial charge in [-0.3, -0.25) is 14.4 Å². The molecular weight excluding hydrogens is 366 g/mol. The number of benzene rings is 1. The fourth-order valence-electron chi connectivity index (χ4n) is 4.44. The van der Waals surface area contributed by atoms with Crippen molar-refractivity contribution < 1.29 is 23.2 Å². The lowest BCUT2D eigenvalue weighted by molar-refractivity contribution is -0.144. The minimum atomic E-state index is -0.852. The van der Waals surface area contributed by atoms with Gasteiger partial charge in [-0.05, 0) is 43.9 Å². The SMILES string of the molecule is CC(=O)NC1(C(=O)N2CCC(C(=O)c3cc(F)ccc3F)CC2)CCCCC1. The first kappa shape index (κ1) is 20.4. The van der Waals surface area contributed by atoms with E-state index < -0.39 is 28.9 Å². The molecule has 152 valence electrons. The van der Waals surface area contributed by atoms with Crippen LogP contribution in [0.5, 0.6) is 0 Å². The topological polar surface area (TPSA) is 66.5 Å². The molecule has 1 N–H and O–H groups in total. The van der Waals surface area contributed by atoms with Crippen molar-refractivity contribution in [3.05, 3.63) is 35.4 Å². The van der Waals surface area contributed by atoms with E-state index >= 15 is 0 Å². The number of likely N-dealkylation sites (tertiary alicyclic amines) is 1. The maximum atomic E-state index is 13.9. The van der Waals surface area contributed by atoms with Crippen molar-refractivity contribution >= 4 is 17.6 Å². The zero-order valence-electron chi connectivity index (χ0n) is 16.1. The molecule has 5 nitrogen and oxygen atoms in total. The van der Waals surface area contributed by atoms with E-state index in [1.807, 2.05) is 0 Å². The number of piperidine rings is 1. The molecule has 28 heavy (non-hydrogen) atoms. The van der Waals surface area contributed by atoms with Gasteiger partial charge in [0.2, 0.25) is 11.8 Å². The second-order valence-corrected chi connectivity index (χ2v) is 7.88. The van der Waals surface area contributed by atoms with Crippen molar-refractivity contribution in [2.75, 3.05) is 13.1 Å². The minimum Gasteiger partial charge on any atom is -0.342 e. The Morgan fingerprint density at radius 1 is 1.07 bits per heavy atom. The summed E-state index contributed by atoms with van der Waals surface area (Å²) in [6, 6.07) is 2.88. The van der Waals surface area contributed by atoms with Crippen molar-refractivity contribution in [1.82, 2.24) is 10.2 Å². The number of carbonyl (C=O) groups is 3. The van der Waals surface area contributed by atoms with Crippen molar-refractivity contribution in [3.8, 4) is 0 Å². The van der Waals surface area contributed by atoms with Crippen LogP contribution in [0.25, 0.3) is 0 Å². The lowest BCUT2D eigenvalue weighted by atomic mass is 9.79. The minimum absolute atomic E-state index is 0.0924. The largest absolute Gasteiger partial charge is 0.342 e. The predicted molar refractivity (Wildman–Crippen MR) is 99.6 cm³/mol. The number of carbonyl (C=O) groups excluding carboxylic acids is 3. The molecule has 0 radical (unpaired) electrons. The Morgan fingerprint density at radius 3 is 2.32 bits per heavy atom. The molecule has 2 fully saturated rings. The van der Waals surface area contributed by atoms with Crippen LogP contribution in [0.1, 0.15) is 62.2 Å². The van der Waals surface area contributed by atoms with Gasteiger partial charge in [0.05, 0.1) is 5.56 Å². The van der Waals surface area contributed by atoms with E-state index in [1.165, 1.54) is 6.92 Å². The van der Waals surface area contributed by atoms with Gasteiger partial charge in [0.1, 0.15) is 17.2 Å². The van der Waals surface area contributed by atoms with Gasteiger partial charge in [-0.1, -0.05) is 19.3 Å². The zero-order valence-corrected chi connectivity index (χ0v) is 16.1. The first-order chi connectivity index (χ1) is 13.3. The van der Waals surface area contributed by atoms with Gasteiger partial charge < -0.3 is 10.2 Å². The zero-order chi connectivity index (χ0) is 20.3. The molecule has 1 saturated heterocycles. The highest BCUT2D eigenvalue weighted by atomic mass is 19.1. The first-order valence-corrected chi connectivity index (χ1v) is 9.90. The third-order valence-corrected chi connectivity index (χ3v) is 5.88. The molecule has 2 amide bonds. The van der Waals surface area contributed by atoms with Crippen LogP contribution in [0.4, 0.5) is 8.78 Å². The van der Waals surface area contributed by atoms with Gasteiger partial charge >= 0.3 is 0 Å². The van der Waals surface area contributed by atoms with Crippen LogP contribution in [0.3, 0.4) is 0 Å². The molecule has 1 aliphatic carbocycles. The highest BCUT2D eigenvalue weighted by Crippen LogP contribution is 2.32. The molecule has 0 unspecified atom stereocenters. The molecule has 1 aromatic rings. The average Bonchev–Trinajstić information content (AvgIpc) is 2.69. The van der Waals surface area contributed by atoms with Crippen LogP contribution < -0.4 is 5.32 Å². The lowest BCUT2D eigenvalue weighted by Gasteiger charge is -2.42. The van der Waals surface area contributed by atoms with Crippen molar-refractivity contribution in [2.45, 2.75) is 57.4 Å². The van der Waals surface area contributed by atoms with Gasteiger partial charge in [0.25, 0.3) is 0 Å². The fourth-order valence-corrected chi connectivity index (χ4v) is 4.44. The average molecular weight is 392 g/mol. The molecule has 0 bridgehead atoms. The number of rotatable bonds is 4. The molecule has 2 aliphatic rings. The Hall–Kier alpha value is -2.31. The third-order valence-electron chi connectivity index (χ3n) is 5.88. The maximum Gasteiger partial charge on any atom is 0.248 e. The van der Waals surface area contributed by atoms with Gasteiger partial charge in [0.15, 0.2) is 5.78 Å². The van der Waals surface area contributed by atoms with E-state index in [1.54, 1.807) is 4.90 Å². The summed E-state index contributed by atoms with van der Waals surface area (Å²) in [5.41, 5.74) is -1.08. The molecular formula is C21H26F2N2O3. The summed E-state index contributed by atoms with van der Waals surface area (Å²) in [4.78, 5) is 39.1. The Balaban J connectivity index is 1.67. The third kappa shape index (κ3) is 4.23. The number of hydrogen-bond donors (Lipinski definition) is 1. The Morgan fingerprint density at radius 2 is 1.71 bits per heavy atom. The molecule has 3 rings (SSSR count). The molecule has 1 saturated carbocycles. The van der Waals surface area contributed by atoms with E-state index in [0.717, 1.165) is 37.5 Å². The van der Waals surface area contributed by atoms with Crippen molar-refractivity contribution in [1.29, 1.82) is 0 Å². The molecule has 1 heterocycles. The Bertz CT molecular complexity index is 767. The Labute approximate surface area is 163 Å². The van der Waals surface area contributed by atoms with Crippen LogP contribution in [-0.2, 0) is 9.59 Å². The standard InChI is InChI=1S/C21H26F2N2O3/c1-14(26)24-21(9-3-2-4-10-21)20(28)25-11-7-15(8-12-25)19(27)17-13-16(22)5-6-18(17)23/h5-6,13,15H,2-4,7-12H2,1H3,(H,24,26).